The number of hydrogen-bond acceptors (Lipinski definition) is 8. The van der Waals surface area contributed by atoms with Gasteiger partial charge in [-0.3, -0.25) is 9.36 Å². The van der Waals surface area contributed by atoms with Crippen molar-refractivity contribution in [3.63, 3.8) is 0 Å². The molecule has 30 heavy (non-hydrogen) atoms. The van der Waals surface area contributed by atoms with Crippen LogP contribution in [0.25, 0.3) is 21.6 Å². The molecule has 0 unspecified atom stereocenters. The van der Waals surface area contributed by atoms with Gasteiger partial charge in [0.1, 0.15) is 10.6 Å². The molecule has 0 aliphatic rings. The van der Waals surface area contributed by atoms with Gasteiger partial charge < -0.3 is 9.26 Å². The molecule has 0 radical (unpaired) electrons. The number of ether oxygens (including phenoxy) is 1. The summed E-state index contributed by atoms with van der Waals surface area (Å²) >= 11 is 2.92. The Balaban J connectivity index is 1.62. The van der Waals surface area contributed by atoms with E-state index in [1.54, 1.807) is 17.8 Å². The SMILES string of the molecule is C=CCn1c(SCc2nc(-c3cccc(OC)c3)no2)nc2sc(C)c(C)c2c1=O. The number of aromatic nitrogens is 4. The van der Waals surface area contributed by atoms with Gasteiger partial charge >= 0.3 is 0 Å². The summed E-state index contributed by atoms with van der Waals surface area (Å²) in [6.45, 7) is 8.12. The van der Waals surface area contributed by atoms with Gasteiger partial charge in [-0.25, -0.2) is 4.98 Å². The quantitative estimate of drug-likeness (QED) is 0.236. The third-order valence-corrected chi connectivity index (χ3v) is 6.75. The number of benzene rings is 1. The van der Waals surface area contributed by atoms with E-state index in [0.29, 0.717) is 34.6 Å². The van der Waals surface area contributed by atoms with E-state index in [0.717, 1.165) is 26.6 Å². The molecular formula is C21H20N4O3S2. The molecule has 3 aromatic heterocycles. The molecule has 7 nitrogen and oxygen atoms in total. The lowest BCUT2D eigenvalue weighted by molar-refractivity contribution is 0.391. The summed E-state index contributed by atoms with van der Waals surface area (Å²) < 4.78 is 12.3. The summed E-state index contributed by atoms with van der Waals surface area (Å²) in [6.07, 6.45) is 1.70. The summed E-state index contributed by atoms with van der Waals surface area (Å²) in [7, 11) is 1.61. The smallest absolute Gasteiger partial charge is 0.263 e. The largest absolute Gasteiger partial charge is 0.497 e. The Morgan fingerprint density at radius 2 is 2.17 bits per heavy atom. The molecule has 4 aromatic rings. The minimum Gasteiger partial charge on any atom is -0.497 e. The standard InChI is InChI=1S/C21H20N4O3S2/c1-5-9-25-20(26)17-12(2)13(3)30-19(17)23-21(25)29-11-16-22-18(24-28-16)14-7-6-8-15(10-14)27-4/h5-8,10H,1,9,11H2,2-4H3. The molecule has 4 rings (SSSR count). The zero-order valence-electron chi connectivity index (χ0n) is 16.8. The fourth-order valence-corrected chi connectivity index (χ4v) is 4.94. The van der Waals surface area contributed by atoms with E-state index in [1.807, 2.05) is 38.1 Å². The molecule has 0 bridgehead atoms. The van der Waals surface area contributed by atoms with Crippen molar-refractivity contribution in [2.24, 2.45) is 0 Å². The van der Waals surface area contributed by atoms with Crippen molar-refractivity contribution in [1.29, 1.82) is 0 Å². The van der Waals surface area contributed by atoms with E-state index in [-0.39, 0.29) is 5.56 Å². The average molecular weight is 441 g/mol. The van der Waals surface area contributed by atoms with E-state index in [2.05, 4.69) is 16.7 Å². The van der Waals surface area contributed by atoms with Gasteiger partial charge in [0.05, 0.1) is 18.2 Å². The Bertz CT molecular complexity index is 1290. The molecule has 0 amide bonds. The van der Waals surface area contributed by atoms with Gasteiger partial charge in [0.15, 0.2) is 5.16 Å². The minimum absolute atomic E-state index is 0.0492. The monoisotopic (exact) mass is 440 g/mol. The first-order chi connectivity index (χ1) is 14.5. The molecular weight excluding hydrogens is 420 g/mol. The van der Waals surface area contributed by atoms with E-state index >= 15 is 0 Å². The van der Waals surface area contributed by atoms with Crippen LogP contribution in [0.4, 0.5) is 0 Å². The second kappa shape index (κ2) is 8.45. The second-order valence-corrected chi connectivity index (χ2v) is 8.74. The van der Waals surface area contributed by atoms with Crippen LogP contribution in [0.1, 0.15) is 16.3 Å². The molecule has 0 N–H and O–H groups in total. The highest BCUT2D eigenvalue weighted by Gasteiger charge is 2.17. The van der Waals surface area contributed by atoms with Crippen LogP contribution in [0, 0.1) is 13.8 Å². The average Bonchev–Trinajstić information content (AvgIpc) is 3.33. The first-order valence-corrected chi connectivity index (χ1v) is 11.0. The van der Waals surface area contributed by atoms with Crippen LogP contribution in [0.5, 0.6) is 5.75 Å². The Hall–Kier alpha value is -2.91. The maximum atomic E-state index is 13.0. The van der Waals surface area contributed by atoms with Crippen LogP contribution >= 0.6 is 23.1 Å². The Kier molecular flexibility index (Phi) is 5.74. The summed E-state index contributed by atoms with van der Waals surface area (Å²) in [6, 6.07) is 7.47. The van der Waals surface area contributed by atoms with E-state index < -0.39 is 0 Å². The molecule has 1 aromatic carbocycles. The number of thiophene rings is 1. The van der Waals surface area contributed by atoms with Crippen molar-refractivity contribution < 1.29 is 9.26 Å². The number of rotatable bonds is 7. The number of methoxy groups -OCH3 is 1. The van der Waals surface area contributed by atoms with Gasteiger partial charge in [0.2, 0.25) is 11.7 Å². The van der Waals surface area contributed by atoms with Crippen molar-refractivity contribution >= 4 is 33.3 Å². The molecule has 9 heteroatoms. The van der Waals surface area contributed by atoms with Crippen LogP contribution in [0.2, 0.25) is 0 Å². The maximum Gasteiger partial charge on any atom is 0.263 e. The topological polar surface area (TPSA) is 83.0 Å². The Morgan fingerprint density at radius 1 is 1.33 bits per heavy atom. The zero-order valence-corrected chi connectivity index (χ0v) is 18.5. The maximum absolute atomic E-state index is 13.0. The Labute approximate surface area is 181 Å². The molecule has 0 aliphatic carbocycles. The predicted molar refractivity (Wildman–Crippen MR) is 119 cm³/mol. The van der Waals surface area contributed by atoms with Gasteiger partial charge in [-0.2, -0.15) is 4.98 Å². The van der Waals surface area contributed by atoms with Crippen molar-refractivity contribution in [2.75, 3.05) is 7.11 Å². The van der Waals surface area contributed by atoms with E-state index in [9.17, 15) is 4.79 Å². The number of thioether (sulfide) groups is 1. The van der Waals surface area contributed by atoms with Crippen molar-refractivity contribution in [2.45, 2.75) is 31.3 Å². The molecule has 0 atom stereocenters. The normalized spacial score (nSPS) is 11.2. The fourth-order valence-electron chi connectivity index (χ4n) is 3.03. The van der Waals surface area contributed by atoms with Crippen LogP contribution in [0.3, 0.4) is 0 Å². The first kappa shape index (κ1) is 20.4. The number of hydrogen-bond donors (Lipinski definition) is 0. The van der Waals surface area contributed by atoms with Gasteiger partial charge in [0, 0.05) is 17.0 Å². The molecule has 3 heterocycles. The van der Waals surface area contributed by atoms with Crippen molar-refractivity contribution in [3.8, 4) is 17.1 Å². The summed E-state index contributed by atoms with van der Waals surface area (Å²) in [4.78, 5) is 24.1. The highest BCUT2D eigenvalue weighted by Crippen LogP contribution is 2.29. The first-order valence-electron chi connectivity index (χ1n) is 9.23. The second-order valence-electron chi connectivity index (χ2n) is 6.59. The molecule has 0 saturated carbocycles. The van der Waals surface area contributed by atoms with E-state index in [4.69, 9.17) is 14.2 Å². The lowest BCUT2D eigenvalue weighted by Crippen LogP contribution is -2.22. The molecule has 154 valence electrons. The third-order valence-electron chi connectivity index (χ3n) is 4.69. The molecule has 0 fully saturated rings. The number of fused-ring (bicyclic) bond motifs is 1. The van der Waals surface area contributed by atoms with Crippen molar-refractivity contribution in [1.82, 2.24) is 19.7 Å². The number of nitrogens with zero attached hydrogens (tertiary/aromatic N) is 4. The summed E-state index contributed by atoms with van der Waals surface area (Å²) in [5, 5.41) is 5.35. The van der Waals surface area contributed by atoms with Gasteiger partial charge in [-0.15, -0.1) is 17.9 Å². The lowest BCUT2D eigenvalue weighted by Gasteiger charge is -2.09. The number of allylic oxidation sites excluding steroid dienone is 1. The van der Waals surface area contributed by atoms with Crippen LogP contribution in [-0.4, -0.2) is 26.8 Å². The lowest BCUT2D eigenvalue weighted by atomic mass is 10.2. The summed E-state index contributed by atoms with van der Waals surface area (Å²) in [5.74, 6) is 2.06. The van der Waals surface area contributed by atoms with Crippen LogP contribution in [0.15, 0.2) is 51.4 Å². The minimum atomic E-state index is -0.0492. The number of aryl methyl sites for hydroxylation is 2. The summed E-state index contributed by atoms with van der Waals surface area (Å²) in [5.41, 5.74) is 1.75. The van der Waals surface area contributed by atoms with Gasteiger partial charge in [-0.1, -0.05) is 35.1 Å². The third kappa shape index (κ3) is 3.78. The van der Waals surface area contributed by atoms with E-state index in [1.165, 1.54) is 23.1 Å². The van der Waals surface area contributed by atoms with Gasteiger partial charge in [0.25, 0.3) is 5.56 Å². The predicted octanol–water partition coefficient (Wildman–Crippen LogP) is 4.61. The highest BCUT2D eigenvalue weighted by atomic mass is 32.2. The zero-order chi connectivity index (χ0) is 21.3. The van der Waals surface area contributed by atoms with Crippen molar-refractivity contribution in [3.05, 3.63) is 63.6 Å². The molecule has 0 aliphatic heterocycles. The van der Waals surface area contributed by atoms with Crippen LogP contribution in [-0.2, 0) is 12.3 Å². The van der Waals surface area contributed by atoms with Crippen LogP contribution < -0.4 is 10.3 Å². The Morgan fingerprint density at radius 3 is 2.93 bits per heavy atom. The molecule has 0 saturated heterocycles. The molecule has 0 spiro atoms. The fraction of sp³-hybridized carbons (Fsp3) is 0.238. The highest BCUT2D eigenvalue weighted by molar-refractivity contribution is 7.98. The van der Waals surface area contributed by atoms with Gasteiger partial charge in [-0.05, 0) is 31.5 Å².